The third-order valence-electron chi connectivity index (χ3n) is 3.27. The number of hydrogen-bond acceptors (Lipinski definition) is 3. The van der Waals surface area contributed by atoms with Gasteiger partial charge in [0.05, 0.1) is 22.6 Å². The normalized spacial score (nSPS) is 10.8. The van der Waals surface area contributed by atoms with Gasteiger partial charge < -0.3 is 5.32 Å². The molecule has 0 atom stereocenters. The van der Waals surface area contributed by atoms with Crippen LogP contribution in [0.25, 0.3) is 11.3 Å². The van der Waals surface area contributed by atoms with Crippen LogP contribution < -0.4 is 5.32 Å². The van der Waals surface area contributed by atoms with Gasteiger partial charge in [0.1, 0.15) is 0 Å². The second kappa shape index (κ2) is 6.92. The Labute approximate surface area is 138 Å². The summed E-state index contributed by atoms with van der Waals surface area (Å²) in [6, 6.07) is 11.3. The number of pyridine rings is 1. The van der Waals surface area contributed by atoms with Crippen molar-refractivity contribution >= 4 is 23.2 Å². The summed E-state index contributed by atoms with van der Waals surface area (Å²) in [5.74, 6) is 0. The lowest BCUT2D eigenvalue weighted by atomic mass is 10.1. The number of aromatic amines is 1. The Morgan fingerprint density at radius 3 is 2.77 bits per heavy atom. The maximum absolute atomic E-state index is 6.26. The maximum Gasteiger partial charge on any atom is 0.0710 e. The smallest absolute Gasteiger partial charge is 0.0710 e. The fourth-order valence-corrected chi connectivity index (χ4v) is 2.70. The van der Waals surface area contributed by atoms with E-state index in [4.69, 9.17) is 23.2 Å². The Kier molecular flexibility index (Phi) is 4.73. The molecule has 0 aliphatic carbocycles. The summed E-state index contributed by atoms with van der Waals surface area (Å²) in [5, 5.41) is 11.7. The first-order valence-corrected chi connectivity index (χ1v) is 7.58. The number of aromatic nitrogens is 3. The number of halogens is 2. The Balaban J connectivity index is 1.72. The molecule has 0 saturated carbocycles. The zero-order valence-electron chi connectivity index (χ0n) is 11.7. The van der Waals surface area contributed by atoms with Gasteiger partial charge in [0.15, 0.2) is 0 Å². The van der Waals surface area contributed by atoms with E-state index in [2.05, 4.69) is 20.5 Å². The van der Waals surface area contributed by atoms with Crippen LogP contribution in [0.2, 0.25) is 10.0 Å². The highest BCUT2D eigenvalue weighted by molar-refractivity contribution is 6.36. The molecule has 0 amide bonds. The summed E-state index contributed by atoms with van der Waals surface area (Å²) in [4.78, 5) is 4.28. The van der Waals surface area contributed by atoms with E-state index >= 15 is 0 Å². The standard InChI is InChI=1S/C16H14Cl2N4/c17-12-4-5-14(15(18)7-12)16-11(9-21-22-16)8-19-10-13-3-1-2-6-20-13/h1-7,9,19H,8,10H2,(H,21,22). The minimum atomic E-state index is 0.600. The Morgan fingerprint density at radius 2 is 2.00 bits per heavy atom. The van der Waals surface area contributed by atoms with Gasteiger partial charge in [-0.25, -0.2) is 0 Å². The largest absolute Gasteiger partial charge is 0.307 e. The first-order chi connectivity index (χ1) is 10.7. The van der Waals surface area contributed by atoms with Crippen molar-refractivity contribution in [2.45, 2.75) is 13.1 Å². The number of nitrogens with one attached hydrogen (secondary N) is 2. The molecular weight excluding hydrogens is 319 g/mol. The molecule has 3 aromatic rings. The van der Waals surface area contributed by atoms with Crippen LogP contribution in [0.5, 0.6) is 0 Å². The fraction of sp³-hybridized carbons (Fsp3) is 0.125. The zero-order chi connectivity index (χ0) is 15.4. The van der Waals surface area contributed by atoms with Crippen LogP contribution >= 0.6 is 23.2 Å². The van der Waals surface area contributed by atoms with Crippen molar-refractivity contribution in [3.8, 4) is 11.3 Å². The van der Waals surface area contributed by atoms with E-state index in [0.717, 1.165) is 22.5 Å². The summed E-state index contributed by atoms with van der Waals surface area (Å²) >= 11 is 12.2. The first-order valence-electron chi connectivity index (χ1n) is 6.82. The highest BCUT2D eigenvalue weighted by Gasteiger charge is 2.11. The van der Waals surface area contributed by atoms with E-state index < -0.39 is 0 Å². The van der Waals surface area contributed by atoms with E-state index in [1.807, 2.05) is 30.3 Å². The van der Waals surface area contributed by atoms with Crippen LogP contribution in [0.4, 0.5) is 0 Å². The number of H-pyrrole nitrogens is 1. The van der Waals surface area contributed by atoms with Gasteiger partial charge in [-0.15, -0.1) is 0 Å². The topological polar surface area (TPSA) is 53.6 Å². The quantitative estimate of drug-likeness (QED) is 0.740. The number of nitrogens with zero attached hydrogens (tertiary/aromatic N) is 2. The van der Waals surface area contributed by atoms with Crippen LogP contribution in [-0.2, 0) is 13.1 Å². The molecule has 6 heteroatoms. The molecule has 0 aliphatic rings. The van der Waals surface area contributed by atoms with Gasteiger partial charge in [0.25, 0.3) is 0 Å². The number of hydrogen-bond donors (Lipinski definition) is 2. The molecule has 0 saturated heterocycles. The van der Waals surface area contributed by atoms with Crippen molar-refractivity contribution in [1.82, 2.24) is 20.5 Å². The Morgan fingerprint density at radius 1 is 1.09 bits per heavy atom. The fourth-order valence-electron chi connectivity index (χ4n) is 2.20. The average Bonchev–Trinajstić information content (AvgIpc) is 2.97. The zero-order valence-corrected chi connectivity index (χ0v) is 13.2. The van der Waals surface area contributed by atoms with Crippen molar-refractivity contribution in [2.75, 3.05) is 0 Å². The molecule has 0 spiro atoms. The summed E-state index contributed by atoms with van der Waals surface area (Å²) in [6.45, 7) is 1.36. The summed E-state index contributed by atoms with van der Waals surface area (Å²) in [7, 11) is 0. The van der Waals surface area contributed by atoms with E-state index in [-0.39, 0.29) is 0 Å². The molecule has 112 valence electrons. The molecule has 0 bridgehead atoms. The van der Waals surface area contributed by atoms with Gasteiger partial charge in [-0.3, -0.25) is 10.1 Å². The van der Waals surface area contributed by atoms with Crippen molar-refractivity contribution < 1.29 is 0 Å². The minimum absolute atomic E-state index is 0.600. The van der Waals surface area contributed by atoms with Crippen LogP contribution in [0.15, 0.2) is 48.8 Å². The molecule has 2 N–H and O–H groups in total. The molecule has 1 aromatic carbocycles. The van der Waals surface area contributed by atoms with Crippen LogP contribution in [0.1, 0.15) is 11.3 Å². The van der Waals surface area contributed by atoms with Gasteiger partial charge in [-0.2, -0.15) is 5.10 Å². The van der Waals surface area contributed by atoms with Gasteiger partial charge in [-0.1, -0.05) is 29.3 Å². The lowest BCUT2D eigenvalue weighted by molar-refractivity contribution is 0.681. The average molecular weight is 333 g/mol. The summed E-state index contributed by atoms with van der Waals surface area (Å²) in [5.41, 5.74) is 3.82. The highest BCUT2D eigenvalue weighted by atomic mass is 35.5. The third kappa shape index (κ3) is 3.47. The lowest BCUT2D eigenvalue weighted by Crippen LogP contribution is -2.13. The molecule has 2 heterocycles. The summed E-state index contributed by atoms with van der Waals surface area (Å²) < 4.78 is 0. The van der Waals surface area contributed by atoms with Crippen LogP contribution in [0.3, 0.4) is 0 Å². The van der Waals surface area contributed by atoms with Crippen molar-refractivity contribution in [3.63, 3.8) is 0 Å². The van der Waals surface area contributed by atoms with Crippen LogP contribution in [-0.4, -0.2) is 15.2 Å². The molecular formula is C16H14Cl2N4. The van der Waals surface area contributed by atoms with E-state index in [0.29, 0.717) is 23.1 Å². The number of rotatable bonds is 5. The predicted molar refractivity (Wildman–Crippen MR) is 88.8 cm³/mol. The Hall–Kier alpha value is -1.88. The van der Waals surface area contributed by atoms with Gasteiger partial charge >= 0.3 is 0 Å². The number of benzene rings is 1. The van der Waals surface area contributed by atoms with Crippen molar-refractivity contribution in [3.05, 3.63) is 70.1 Å². The van der Waals surface area contributed by atoms with E-state index in [9.17, 15) is 0 Å². The van der Waals surface area contributed by atoms with E-state index in [1.165, 1.54) is 0 Å². The first kappa shape index (κ1) is 15.0. The molecule has 22 heavy (non-hydrogen) atoms. The molecule has 0 fully saturated rings. The Bertz CT molecular complexity index is 756. The third-order valence-corrected chi connectivity index (χ3v) is 3.81. The molecule has 0 radical (unpaired) electrons. The minimum Gasteiger partial charge on any atom is -0.307 e. The van der Waals surface area contributed by atoms with E-state index in [1.54, 1.807) is 18.5 Å². The second-order valence-electron chi connectivity index (χ2n) is 4.82. The molecule has 0 unspecified atom stereocenters. The van der Waals surface area contributed by atoms with Gasteiger partial charge in [0, 0.05) is 35.4 Å². The van der Waals surface area contributed by atoms with Gasteiger partial charge in [-0.05, 0) is 30.3 Å². The molecule has 2 aromatic heterocycles. The molecule has 4 nitrogen and oxygen atoms in total. The highest BCUT2D eigenvalue weighted by Crippen LogP contribution is 2.30. The maximum atomic E-state index is 6.26. The van der Waals surface area contributed by atoms with Crippen molar-refractivity contribution in [2.24, 2.45) is 0 Å². The van der Waals surface area contributed by atoms with Gasteiger partial charge in [0.2, 0.25) is 0 Å². The van der Waals surface area contributed by atoms with Crippen molar-refractivity contribution in [1.29, 1.82) is 0 Å². The second-order valence-corrected chi connectivity index (χ2v) is 5.66. The molecule has 3 rings (SSSR count). The van der Waals surface area contributed by atoms with Crippen LogP contribution in [0, 0.1) is 0 Å². The lowest BCUT2D eigenvalue weighted by Gasteiger charge is -2.07. The SMILES string of the molecule is Clc1ccc(-c2[nH]ncc2CNCc2ccccn2)c(Cl)c1. The molecule has 0 aliphatic heterocycles. The predicted octanol–water partition coefficient (Wildman–Crippen LogP) is 4.07. The summed E-state index contributed by atoms with van der Waals surface area (Å²) in [6.07, 6.45) is 3.58. The monoisotopic (exact) mass is 332 g/mol.